The summed E-state index contributed by atoms with van der Waals surface area (Å²) in [4.78, 5) is 0. The van der Waals surface area contributed by atoms with Gasteiger partial charge in [-0.1, -0.05) is 18.5 Å². The molecule has 2 rings (SSSR count). The van der Waals surface area contributed by atoms with Crippen LogP contribution >= 0.6 is 11.6 Å². The molecule has 18 heavy (non-hydrogen) atoms. The van der Waals surface area contributed by atoms with Crippen LogP contribution in [0.1, 0.15) is 25.2 Å². The van der Waals surface area contributed by atoms with Gasteiger partial charge >= 0.3 is 0 Å². The lowest BCUT2D eigenvalue weighted by Gasteiger charge is -2.06. The fraction of sp³-hybridized carbons (Fsp3) is 0.500. The standard InChI is InChI=1S/C12H17ClN4O/c1-4-10-12(13)11(17(5-2)15-10)8-18-9-6-14-16(3)7-9/h6-7H,4-5,8H2,1-3H3. The smallest absolute Gasteiger partial charge is 0.157 e. The normalized spacial score (nSPS) is 10.9. The molecule has 6 heteroatoms. The molecule has 0 N–H and O–H groups in total. The van der Waals surface area contributed by atoms with Crippen LogP contribution in [0.4, 0.5) is 0 Å². The Hall–Kier alpha value is -1.49. The maximum absolute atomic E-state index is 6.30. The van der Waals surface area contributed by atoms with Crippen LogP contribution < -0.4 is 4.74 Å². The van der Waals surface area contributed by atoms with Gasteiger partial charge in [-0.2, -0.15) is 10.2 Å². The quantitative estimate of drug-likeness (QED) is 0.837. The predicted octanol–water partition coefficient (Wildman–Crippen LogP) is 2.43. The van der Waals surface area contributed by atoms with E-state index >= 15 is 0 Å². The fourth-order valence-corrected chi connectivity index (χ4v) is 2.10. The monoisotopic (exact) mass is 268 g/mol. The maximum atomic E-state index is 6.30. The van der Waals surface area contributed by atoms with Crippen molar-refractivity contribution in [3.8, 4) is 5.75 Å². The van der Waals surface area contributed by atoms with Gasteiger partial charge in [0.1, 0.15) is 6.61 Å². The number of nitrogens with zero attached hydrogens (tertiary/aromatic N) is 4. The second kappa shape index (κ2) is 5.44. The number of aromatic nitrogens is 4. The third-order valence-electron chi connectivity index (χ3n) is 2.75. The first kappa shape index (κ1) is 13.0. The molecule has 0 atom stereocenters. The number of hydrogen-bond acceptors (Lipinski definition) is 3. The molecule has 0 aliphatic carbocycles. The highest BCUT2D eigenvalue weighted by Crippen LogP contribution is 2.23. The molecule has 2 heterocycles. The molecule has 5 nitrogen and oxygen atoms in total. The van der Waals surface area contributed by atoms with Crippen molar-refractivity contribution in [2.45, 2.75) is 33.4 Å². The summed E-state index contributed by atoms with van der Waals surface area (Å²) in [5.74, 6) is 0.732. The zero-order chi connectivity index (χ0) is 13.1. The van der Waals surface area contributed by atoms with Crippen molar-refractivity contribution in [1.82, 2.24) is 19.6 Å². The summed E-state index contributed by atoms with van der Waals surface area (Å²) in [5.41, 5.74) is 1.84. The van der Waals surface area contributed by atoms with Gasteiger partial charge in [0.05, 0.1) is 28.8 Å². The van der Waals surface area contributed by atoms with Gasteiger partial charge in [0.25, 0.3) is 0 Å². The first-order valence-electron chi connectivity index (χ1n) is 6.01. The SMILES string of the molecule is CCc1nn(CC)c(COc2cnn(C)c2)c1Cl. The van der Waals surface area contributed by atoms with Crippen LogP contribution in [0.25, 0.3) is 0 Å². The highest BCUT2D eigenvalue weighted by atomic mass is 35.5. The molecule has 0 amide bonds. The average molecular weight is 269 g/mol. The van der Waals surface area contributed by atoms with Crippen molar-refractivity contribution in [1.29, 1.82) is 0 Å². The highest BCUT2D eigenvalue weighted by molar-refractivity contribution is 6.31. The third kappa shape index (κ3) is 2.51. The van der Waals surface area contributed by atoms with Gasteiger partial charge < -0.3 is 4.74 Å². The Kier molecular flexibility index (Phi) is 3.91. The van der Waals surface area contributed by atoms with Crippen molar-refractivity contribution < 1.29 is 4.74 Å². The lowest BCUT2D eigenvalue weighted by Crippen LogP contribution is -2.06. The fourth-order valence-electron chi connectivity index (χ4n) is 1.78. The van der Waals surface area contributed by atoms with Gasteiger partial charge in [-0.15, -0.1) is 0 Å². The molecule has 2 aromatic rings. The van der Waals surface area contributed by atoms with E-state index in [2.05, 4.69) is 10.2 Å². The van der Waals surface area contributed by atoms with E-state index in [0.717, 1.165) is 30.1 Å². The molecule has 0 fully saturated rings. The first-order chi connectivity index (χ1) is 8.65. The number of ether oxygens (including phenoxy) is 1. The summed E-state index contributed by atoms with van der Waals surface area (Å²) in [6.07, 6.45) is 4.33. The summed E-state index contributed by atoms with van der Waals surface area (Å²) >= 11 is 6.30. The van der Waals surface area contributed by atoms with E-state index in [4.69, 9.17) is 16.3 Å². The molecule has 0 aromatic carbocycles. The third-order valence-corrected chi connectivity index (χ3v) is 3.19. The molecule has 0 radical (unpaired) electrons. The Balaban J connectivity index is 2.15. The molecule has 2 aromatic heterocycles. The summed E-state index contributed by atoms with van der Waals surface area (Å²) in [5, 5.41) is 9.21. The Morgan fingerprint density at radius 3 is 2.72 bits per heavy atom. The van der Waals surface area contributed by atoms with Crippen molar-refractivity contribution >= 4 is 11.6 Å². The zero-order valence-electron chi connectivity index (χ0n) is 10.9. The second-order valence-electron chi connectivity index (χ2n) is 4.02. The second-order valence-corrected chi connectivity index (χ2v) is 4.39. The lowest BCUT2D eigenvalue weighted by atomic mass is 10.3. The molecular formula is C12H17ClN4O. The highest BCUT2D eigenvalue weighted by Gasteiger charge is 2.14. The largest absolute Gasteiger partial charge is 0.484 e. The van der Waals surface area contributed by atoms with Crippen molar-refractivity contribution in [3.63, 3.8) is 0 Å². The van der Waals surface area contributed by atoms with E-state index in [1.54, 1.807) is 10.9 Å². The Bertz CT molecular complexity index is 532. The van der Waals surface area contributed by atoms with Crippen molar-refractivity contribution in [2.24, 2.45) is 7.05 Å². The Morgan fingerprint density at radius 2 is 2.17 bits per heavy atom. The minimum atomic E-state index is 0.408. The van der Waals surface area contributed by atoms with E-state index in [0.29, 0.717) is 11.6 Å². The van der Waals surface area contributed by atoms with Crippen molar-refractivity contribution in [3.05, 3.63) is 28.8 Å². The average Bonchev–Trinajstić information content (AvgIpc) is 2.91. The molecule has 0 saturated heterocycles. The van der Waals surface area contributed by atoms with Gasteiger partial charge in [0.2, 0.25) is 0 Å². The van der Waals surface area contributed by atoms with E-state index in [1.165, 1.54) is 0 Å². The van der Waals surface area contributed by atoms with Crippen LogP contribution in [-0.4, -0.2) is 19.6 Å². The van der Waals surface area contributed by atoms with E-state index < -0.39 is 0 Å². The van der Waals surface area contributed by atoms with Gasteiger partial charge in [-0.05, 0) is 13.3 Å². The minimum Gasteiger partial charge on any atom is -0.484 e. The maximum Gasteiger partial charge on any atom is 0.157 e. The summed E-state index contributed by atoms with van der Waals surface area (Å²) < 4.78 is 9.25. The summed E-state index contributed by atoms with van der Waals surface area (Å²) in [6.45, 7) is 5.27. The molecule has 0 bridgehead atoms. The van der Waals surface area contributed by atoms with Crippen LogP contribution in [0.15, 0.2) is 12.4 Å². The molecule has 0 aliphatic heterocycles. The molecule has 0 spiro atoms. The molecule has 98 valence electrons. The minimum absolute atomic E-state index is 0.408. The molecule has 0 unspecified atom stereocenters. The molecular weight excluding hydrogens is 252 g/mol. The van der Waals surface area contributed by atoms with Crippen LogP contribution in [0, 0.1) is 0 Å². The van der Waals surface area contributed by atoms with Crippen molar-refractivity contribution in [2.75, 3.05) is 0 Å². The van der Waals surface area contributed by atoms with Gasteiger partial charge in [-0.3, -0.25) is 9.36 Å². The van der Waals surface area contributed by atoms with Crippen LogP contribution in [0.5, 0.6) is 5.75 Å². The van der Waals surface area contributed by atoms with Gasteiger partial charge in [0, 0.05) is 13.6 Å². The van der Waals surface area contributed by atoms with Gasteiger partial charge in [0.15, 0.2) is 5.75 Å². The van der Waals surface area contributed by atoms with Gasteiger partial charge in [-0.25, -0.2) is 0 Å². The van der Waals surface area contributed by atoms with Crippen LogP contribution in [-0.2, 0) is 26.6 Å². The number of aryl methyl sites for hydroxylation is 3. The topological polar surface area (TPSA) is 44.9 Å². The summed E-state index contributed by atoms with van der Waals surface area (Å²) in [7, 11) is 1.85. The predicted molar refractivity (Wildman–Crippen MR) is 69.8 cm³/mol. The number of hydrogen-bond donors (Lipinski definition) is 0. The van der Waals surface area contributed by atoms with E-state index in [-0.39, 0.29) is 0 Å². The zero-order valence-corrected chi connectivity index (χ0v) is 11.6. The first-order valence-corrected chi connectivity index (χ1v) is 6.39. The Morgan fingerprint density at radius 1 is 1.39 bits per heavy atom. The van der Waals surface area contributed by atoms with Crippen LogP contribution in [0.3, 0.4) is 0 Å². The Labute approximate surface area is 111 Å². The summed E-state index contributed by atoms with van der Waals surface area (Å²) in [6, 6.07) is 0. The molecule has 0 saturated carbocycles. The van der Waals surface area contributed by atoms with E-state index in [1.807, 2.05) is 31.8 Å². The van der Waals surface area contributed by atoms with Crippen LogP contribution in [0.2, 0.25) is 5.02 Å². The number of halogens is 1. The van der Waals surface area contributed by atoms with E-state index in [9.17, 15) is 0 Å². The lowest BCUT2D eigenvalue weighted by molar-refractivity contribution is 0.292. The number of rotatable bonds is 5. The molecule has 0 aliphatic rings.